The normalized spacial score (nSPS) is 13.0. The van der Waals surface area contributed by atoms with Crippen molar-refractivity contribution in [1.82, 2.24) is 35.5 Å². The van der Waals surface area contributed by atoms with Crippen LogP contribution in [0.1, 0.15) is 50.7 Å². The van der Waals surface area contributed by atoms with Gasteiger partial charge < -0.3 is 9.30 Å². The lowest BCUT2D eigenvalue weighted by Gasteiger charge is -2.35. The van der Waals surface area contributed by atoms with Crippen molar-refractivity contribution < 1.29 is 9.53 Å². The van der Waals surface area contributed by atoms with Crippen LogP contribution in [0, 0.1) is 5.92 Å². The Bertz CT molecular complexity index is 1370. The lowest BCUT2D eigenvalue weighted by atomic mass is 9.83. The van der Waals surface area contributed by atoms with E-state index in [-0.39, 0.29) is 5.92 Å². The second-order valence-corrected chi connectivity index (χ2v) is 9.90. The second-order valence-electron chi connectivity index (χ2n) is 9.54. The molecule has 0 saturated carbocycles. The number of unbranched alkanes of at least 4 members (excludes halogenated alkanes) is 1. The predicted molar refractivity (Wildman–Crippen MR) is 148 cm³/mol. The molecular weight excluding hydrogens is 502 g/mol. The first-order valence-corrected chi connectivity index (χ1v) is 13.2. The quantitative estimate of drug-likeness (QED) is 0.259. The Hall–Kier alpha value is -3.56. The van der Waals surface area contributed by atoms with E-state index >= 15 is 0 Å². The highest BCUT2D eigenvalue weighted by atomic mass is 35.5. The molecule has 0 aliphatic heterocycles. The van der Waals surface area contributed by atoms with E-state index < -0.39 is 11.5 Å². The molecule has 0 radical (unpaired) electrons. The zero-order chi connectivity index (χ0) is 27.3. The van der Waals surface area contributed by atoms with Crippen LogP contribution in [-0.2, 0) is 28.0 Å². The monoisotopic (exact) mass is 535 g/mol. The number of hydrogen-bond donors (Lipinski definition) is 2. The van der Waals surface area contributed by atoms with E-state index in [1.165, 1.54) is 7.11 Å². The number of aryl methyl sites for hydroxylation is 1. The number of benzene rings is 2. The van der Waals surface area contributed by atoms with Crippen LogP contribution in [0.15, 0.2) is 48.5 Å². The van der Waals surface area contributed by atoms with E-state index in [0.717, 1.165) is 47.3 Å². The Morgan fingerprint density at radius 2 is 1.87 bits per heavy atom. The van der Waals surface area contributed by atoms with Gasteiger partial charge in [0.1, 0.15) is 5.82 Å². The highest BCUT2D eigenvalue weighted by Crippen LogP contribution is 2.37. The molecule has 1 atom stereocenters. The van der Waals surface area contributed by atoms with Crippen molar-refractivity contribution in [2.24, 2.45) is 5.92 Å². The summed E-state index contributed by atoms with van der Waals surface area (Å²) < 4.78 is 7.34. The molecule has 0 saturated heterocycles. The number of H-pyrrole nitrogens is 1. The first-order chi connectivity index (χ1) is 18.4. The van der Waals surface area contributed by atoms with Gasteiger partial charge in [0.25, 0.3) is 0 Å². The number of halogens is 1. The summed E-state index contributed by atoms with van der Waals surface area (Å²) in [4.78, 5) is 17.9. The summed E-state index contributed by atoms with van der Waals surface area (Å²) in [5.41, 5.74) is 3.47. The van der Waals surface area contributed by atoms with Crippen molar-refractivity contribution in [3.63, 3.8) is 0 Å². The highest BCUT2D eigenvalue weighted by molar-refractivity contribution is 6.30. The smallest absolute Gasteiger partial charge is 0.332 e. The summed E-state index contributed by atoms with van der Waals surface area (Å²) in [5, 5.41) is 18.1. The minimum absolute atomic E-state index is 0.143. The Balaban J connectivity index is 1.76. The molecule has 2 aromatic heterocycles. The van der Waals surface area contributed by atoms with Gasteiger partial charge in [-0.25, -0.2) is 9.78 Å². The summed E-state index contributed by atoms with van der Waals surface area (Å²) in [6, 6.07) is 16.3. The van der Waals surface area contributed by atoms with Crippen LogP contribution in [0.3, 0.4) is 0 Å². The number of likely N-dealkylation sites (N-methyl/N-ethyl adjacent to an activating group) is 1. The molecule has 2 aromatic carbocycles. The molecule has 38 heavy (non-hydrogen) atoms. The van der Waals surface area contributed by atoms with Crippen molar-refractivity contribution >= 4 is 17.6 Å². The molecule has 0 bridgehead atoms. The minimum atomic E-state index is -1.15. The third-order valence-electron chi connectivity index (χ3n) is 7.02. The van der Waals surface area contributed by atoms with Gasteiger partial charge in [-0.1, -0.05) is 87.3 Å². The maximum absolute atomic E-state index is 13.2. The number of rotatable bonds is 11. The van der Waals surface area contributed by atoms with Crippen LogP contribution >= 0.6 is 11.6 Å². The number of nitrogens with one attached hydrogen (secondary N) is 2. The van der Waals surface area contributed by atoms with Crippen LogP contribution in [-0.4, -0.2) is 50.3 Å². The van der Waals surface area contributed by atoms with Gasteiger partial charge in [0.15, 0.2) is 10.7 Å². The predicted octanol–water partition coefficient (Wildman–Crippen LogP) is 5.02. The summed E-state index contributed by atoms with van der Waals surface area (Å²) in [6.45, 7) is 6.60. The largest absolute Gasteiger partial charge is 0.467 e. The lowest BCUT2D eigenvalue weighted by Crippen LogP contribution is -2.53. The van der Waals surface area contributed by atoms with Gasteiger partial charge in [-0.2, -0.15) is 5.21 Å². The summed E-state index contributed by atoms with van der Waals surface area (Å²) in [5.74, 6) is 0.856. The standard InChI is InChI=1S/C28H34ClN7O2/c1-6-7-12-23-31-25(29)24(28(30-4,18(2)3)27(37)38-5)36(23)17-19-13-15-20(16-14-19)21-10-8-9-11-22(21)26-32-34-35-33-26/h8-11,13-16,18,30H,6-7,12,17H2,1-5H3,(H,32,33,34,35)/t28-/m1/s1. The summed E-state index contributed by atoms with van der Waals surface area (Å²) in [6.07, 6.45) is 2.74. The van der Waals surface area contributed by atoms with Crippen LogP contribution in [0.2, 0.25) is 5.15 Å². The molecule has 0 aliphatic carbocycles. The molecule has 10 heteroatoms. The number of carbonyl (C=O) groups excluding carboxylic acids is 1. The summed E-state index contributed by atoms with van der Waals surface area (Å²) in [7, 11) is 3.15. The van der Waals surface area contributed by atoms with Crippen molar-refractivity contribution in [2.75, 3.05) is 14.2 Å². The fourth-order valence-electron chi connectivity index (χ4n) is 4.99. The van der Waals surface area contributed by atoms with Crippen molar-refractivity contribution in [3.8, 4) is 22.5 Å². The maximum Gasteiger partial charge on any atom is 0.332 e. The molecule has 0 spiro atoms. The van der Waals surface area contributed by atoms with E-state index in [1.807, 2.05) is 38.1 Å². The minimum Gasteiger partial charge on any atom is -0.467 e. The number of imidazole rings is 1. The Labute approximate surface area is 228 Å². The molecule has 0 unspecified atom stereocenters. The summed E-state index contributed by atoms with van der Waals surface area (Å²) >= 11 is 6.78. The number of nitrogens with zero attached hydrogens (tertiary/aromatic N) is 5. The van der Waals surface area contributed by atoms with Gasteiger partial charge in [0, 0.05) is 18.5 Å². The fraction of sp³-hybridized carbons (Fsp3) is 0.393. The Morgan fingerprint density at radius 1 is 1.16 bits per heavy atom. The second kappa shape index (κ2) is 11.9. The zero-order valence-electron chi connectivity index (χ0n) is 22.5. The molecule has 4 rings (SSSR count). The Morgan fingerprint density at radius 3 is 2.45 bits per heavy atom. The van der Waals surface area contributed by atoms with Gasteiger partial charge in [0.2, 0.25) is 5.82 Å². The third kappa shape index (κ3) is 5.08. The number of methoxy groups -OCH3 is 1. The first kappa shape index (κ1) is 27.5. The van der Waals surface area contributed by atoms with Crippen LogP contribution in [0.5, 0.6) is 0 Å². The Kier molecular flexibility index (Phi) is 8.58. The number of hydrogen-bond acceptors (Lipinski definition) is 7. The van der Waals surface area contributed by atoms with Crippen molar-refractivity contribution in [3.05, 3.63) is 70.8 Å². The number of ether oxygens (including phenoxy) is 1. The molecule has 2 heterocycles. The van der Waals surface area contributed by atoms with Crippen LogP contribution in [0.4, 0.5) is 0 Å². The van der Waals surface area contributed by atoms with Crippen molar-refractivity contribution in [2.45, 2.75) is 52.1 Å². The molecule has 9 nitrogen and oxygen atoms in total. The molecule has 0 amide bonds. The number of tetrazole rings is 1. The molecule has 4 aromatic rings. The first-order valence-electron chi connectivity index (χ1n) is 12.8. The highest BCUT2D eigenvalue weighted by Gasteiger charge is 2.48. The third-order valence-corrected chi connectivity index (χ3v) is 7.28. The number of carbonyl (C=O) groups is 1. The molecule has 200 valence electrons. The average Bonchev–Trinajstić information content (AvgIpc) is 3.57. The SMILES string of the molecule is CCCCc1nc(Cl)c([C@@](NC)(C(=O)OC)C(C)C)n1Cc1ccc(-c2ccccc2-c2nn[nH]n2)cc1. The van der Waals surface area contributed by atoms with Gasteiger partial charge in [0.05, 0.1) is 12.8 Å². The lowest BCUT2D eigenvalue weighted by molar-refractivity contribution is -0.151. The maximum atomic E-state index is 13.2. The number of aromatic amines is 1. The van der Waals surface area contributed by atoms with Crippen molar-refractivity contribution in [1.29, 1.82) is 0 Å². The van der Waals surface area contributed by atoms with Crippen LogP contribution < -0.4 is 5.32 Å². The zero-order valence-corrected chi connectivity index (χ0v) is 23.2. The van der Waals surface area contributed by atoms with Gasteiger partial charge in [-0.3, -0.25) is 5.32 Å². The van der Waals surface area contributed by atoms with E-state index in [2.05, 4.69) is 61.7 Å². The topological polar surface area (TPSA) is 111 Å². The molecule has 0 fully saturated rings. The number of aromatic nitrogens is 6. The van der Waals surface area contributed by atoms with E-state index in [1.54, 1.807) is 7.05 Å². The van der Waals surface area contributed by atoms with Gasteiger partial charge in [-0.15, -0.1) is 10.2 Å². The number of esters is 1. The van der Waals surface area contributed by atoms with Gasteiger partial charge in [-0.05, 0) is 41.3 Å². The molecule has 2 N–H and O–H groups in total. The van der Waals surface area contributed by atoms with E-state index in [4.69, 9.17) is 21.3 Å². The fourth-order valence-corrected chi connectivity index (χ4v) is 5.34. The molecular formula is C28H34ClN7O2. The van der Waals surface area contributed by atoms with E-state index in [0.29, 0.717) is 23.2 Å². The molecule has 0 aliphatic rings. The van der Waals surface area contributed by atoms with Gasteiger partial charge >= 0.3 is 5.97 Å². The average molecular weight is 536 g/mol. The van der Waals surface area contributed by atoms with Crippen LogP contribution in [0.25, 0.3) is 22.5 Å². The van der Waals surface area contributed by atoms with E-state index in [9.17, 15) is 4.79 Å².